The Kier molecular flexibility index (Phi) is 4.12. The Labute approximate surface area is 132 Å². The molecule has 0 spiro atoms. The lowest BCUT2D eigenvalue weighted by Gasteiger charge is -2.40. The van der Waals surface area contributed by atoms with E-state index in [9.17, 15) is 14.0 Å². The number of amides is 1. The molecule has 0 radical (unpaired) electrons. The second-order valence-corrected chi connectivity index (χ2v) is 6.06. The van der Waals surface area contributed by atoms with E-state index in [2.05, 4.69) is 15.3 Å². The molecule has 1 saturated carbocycles. The first kappa shape index (κ1) is 15.6. The molecule has 1 aliphatic rings. The molecule has 1 amide bonds. The van der Waals surface area contributed by atoms with Crippen molar-refractivity contribution in [3.8, 4) is 0 Å². The number of carbonyl (C=O) groups is 1. The van der Waals surface area contributed by atoms with Crippen molar-refractivity contribution in [2.24, 2.45) is 5.73 Å². The predicted molar refractivity (Wildman–Crippen MR) is 84.7 cm³/mol. The number of alkyl halides is 1. The normalized spacial score (nSPS) is 23.5. The maximum absolute atomic E-state index is 13.7. The molecule has 3 rings (SSSR count). The van der Waals surface area contributed by atoms with Gasteiger partial charge in [-0.1, -0.05) is 12.1 Å². The van der Waals surface area contributed by atoms with Gasteiger partial charge >= 0.3 is 0 Å². The Balaban J connectivity index is 1.56. The van der Waals surface area contributed by atoms with Crippen LogP contribution in [0.4, 0.5) is 4.39 Å². The predicted octanol–water partition coefficient (Wildman–Crippen LogP) is 0.801. The van der Waals surface area contributed by atoms with E-state index in [-0.39, 0.29) is 43.3 Å². The number of nitrogens with one attached hydrogen (secondary N) is 2. The molecule has 0 unspecified atom stereocenters. The van der Waals surface area contributed by atoms with Gasteiger partial charge in [-0.25, -0.2) is 9.37 Å². The summed E-state index contributed by atoms with van der Waals surface area (Å²) in [5, 5.41) is 3.30. The van der Waals surface area contributed by atoms with E-state index in [1.54, 1.807) is 18.2 Å². The van der Waals surface area contributed by atoms with E-state index >= 15 is 0 Å². The van der Waals surface area contributed by atoms with Crippen molar-refractivity contribution >= 4 is 16.8 Å². The van der Waals surface area contributed by atoms with Gasteiger partial charge in [0.25, 0.3) is 5.56 Å². The highest BCUT2D eigenvalue weighted by molar-refractivity contribution is 5.78. The highest BCUT2D eigenvalue weighted by Crippen LogP contribution is 2.35. The first-order valence-electron chi connectivity index (χ1n) is 7.65. The molecule has 1 aromatic carbocycles. The number of benzene rings is 1. The number of para-hydroxylation sites is 1. The number of H-pyrrole nitrogens is 1. The standard InChI is InChI=1S/C16H19FN4O2/c17-16(9-18)7-10(8-16)19-14(22)6-5-13-20-12-4-2-1-3-11(12)15(23)21-13/h1-4,10H,5-9,18H2,(H,19,22)(H,20,21,23). The number of rotatable bonds is 5. The Bertz CT molecular complexity index is 783. The smallest absolute Gasteiger partial charge is 0.258 e. The molecule has 23 heavy (non-hydrogen) atoms. The van der Waals surface area contributed by atoms with Gasteiger partial charge in [0.05, 0.1) is 10.9 Å². The highest BCUT2D eigenvalue weighted by atomic mass is 19.1. The van der Waals surface area contributed by atoms with Crippen LogP contribution in [0.3, 0.4) is 0 Å². The maximum Gasteiger partial charge on any atom is 0.258 e. The van der Waals surface area contributed by atoms with E-state index < -0.39 is 5.67 Å². The molecule has 122 valence electrons. The summed E-state index contributed by atoms with van der Waals surface area (Å²) in [4.78, 5) is 30.8. The Morgan fingerprint density at radius 2 is 2.17 bits per heavy atom. The third kappa shape index (κ3) is 3.39. The summed E-state index contributed by atoms with van der Waals surface area (Å²) < 4.78 is 13.7. The van der Waals surface area contributed by atoms with Gasteiger partial charge in [0, 0.05) is 38.3 Å². The quantitative estimate of drug-likeness (QED) is 0.759. The molecular formula is C16H19FN4O2. The molecule has 6 nitrogen and oxygen atoms in total. The summed E-state index contributed by atoms with van der Waals surface area (Å²) in [5.41, 5.74) is 4.39. The average Bonchev–Trinajstić information content (AvgIpc) is 2.51. The highest BCUT2D eigenvalue weighted by Gasteiger charge is 2.44. The number of halogens is 1. The van der Waals surface area contributed by atoms with Crippen molar-refractivity contribution in [2.45, 2.75) is 37.4 Å². The van der Waals surface area contributed by atoms with Crippen LogP contribution >= 0.6 is 0 Å². The van der Waals surface area contributed by atoms with Crippen molar-refractivity contribution in [3.63, 3.8) is 0 Å². The molecule has 0 bridgehead atoms. The van der Waals surface area contributed by atoms with Crippen molar-refractivity contribution in [1.29, 1.82) is 0 Å². The van der Waals surface area contributed by atoms with Crippen molar-refractivity contribution in [3.05, 3.63) is 40.4 Å². The molecular weight excluding hydrogens is 299 g/mol. The zero-order chi connectivity index (χ0) is 16.4. The summed E-state index contributed by atoms with van der Waals surface area (Å²) in [6.07, 6.45) is 1.05. The van der Waals surface area contributed by atoms with Crippen molar-refractivity contribution < 1.29 is 9.18 Å². The van der Waals surface area contributed by atoms with Crippen LogP contribution in [0.2, 0.25) is 0 Å². The fourth-order valence-electron chi connectivity index (χ4n) is 2.88. The van der Waals surface area contributed by atoms with Crippen LogP contribution in [-0.4, -0.2) is 34.1 Å². The van der Waals surface area contributed by atoms with E-state index in [1.165, 1.54) is 0 Å². The molecule has 2 aromatic rings. The van der Waals surface area contributed by atoms with Crippen molar-refractivity contribution in [2.75, 3.05) is 6.54 Å². The molecule has 1 heterocycles. The lowest BCUT2D eigenvalue weighted by atomic mass is 9.77. The number of fused-ring (bicyclic) bond motifs is 1. The number of aromatic amines is 1. The molecule has 0 saturated heterocycles. The number of aryl methyl sites for hydroxylation is 1. The molecule has 1 fully saturated rings. The minimum atomic E-state index is -1.33. The topological polar surface area (TPSA) is 101 Å². The Morgan fingerprint density at radius 1 is 1.43 bits per heavy atom. The monoisotopic (exact) mass is 318 g/mol. The molecule has 0 aliphatic heterocycles. The summed E-state index contributed by atoms with van der Waals surface area (Å²) in [6, 6.07) is 6.89. The largest absolute Gasteiger partial charge is 0.353 e. The van der Waals surface area contributed by atoms with E-state index in [0.717, 1.165) is 0 Å². The van der Waals surface area contributed by atoms with E-state index in [1.807, 2.05) is 6.07 Å². The minimum Gasteiger partial charge on any atom is -0.353 e. The zero-order valence-electron chi connectivity index (χ0n) is 12.6. The molecule has 1 aliphatic carbocycles. The SMILES string of the molecule is NCC1(F)CC(NC(=O)CCc2nc3ccccc3c(=O)[nH]2)C1. The molecule has 1 aromatic heterocycles. The lowest BCUT2D eigenvalue weighted by molar-refractivity contribution is -0.123. The van der Waals surface area contributed by atoms with E-state index in [4.69, 9.17) is 5.73 Å². The summed E-state index contributed by atoms with van der Waals surface area (Å²) in [7, 11) is 0. The number of hydrogen-bond donors (Lipinski definition) is 3. The fraction of sp³-hybridized carbons (Fsp3) is 0.438. The second-order valence-electron chi connectivity index (χ2n) is 6.06. The lowest BCUT2D eigenvalue weighted by Crippen LogP contribution is -2.56. The maximum atomic E-state index is 13.7. The van der Waals surface area contributed by atoms with Gasteiger partial charge < -0.3 is 16.0 Å². The van der Waals surface area contributed by atoms with Crippen molar-refractivity contribution in [1.82, 2.24) is 15.3 Å². The van der Waals surface area contributed by atoms with Crippen LogP contribution in [0.15, 0.2) is 29.1 Å². The number of aromatic nitrogens is 2. The van der Waals surface area contributed by atoms with E-state index in [0.29, 0.717) is 23.1 Å². The average molecular weight is 318 g/mol. The van der Waals surface area contributed by atoms with Crippen LogP contribution in [-0.2, 0) is 11.2 Å². The molecule has 0 atom stereocenters. The Hall–Kier alpha value is -2.28. The third-order valence-electron chi connectivity index (χ3n) is 4.21. The van der Waals surface area contributed by atoms with Crippen LogP contribution in [0.25, 0.3) is 10.9 Å². The summed E-state index contributed by atoms with van der Waals surface area (Å²) in [6.45, 7) is -0.0123. The van der Waals surface area contributed by atoms with Gasteiger partial charge in [-0.15, -0.1) is 0 Å². The first-order chi connectivity index (χ1) is 11.0. The number of hydrogen-bond acceptors (Lipinski definition) is 4. The summed E-state index contributed by atoms with van der Waals surface area (Å²) in [5.74, 6) is 0.295. The van der Waals surface area contributed by atoms with Crippen LogP contribution in [0.5, 0.6) is 0 Å². The van der Waals surface area contributed by atoms with Gasteiger partial charge in [0.1, 0.15) is 11.5 Å². The number of nitrogens with two attached hydrogens (primary N) is 1. The van der Waals surface area contributed by atoms with Crippen LogP contribution < -0.4 is 16.6 Å². The van der Waals surface area contributed by atoms with Crippen LogP contribution in [0, 0.1) is 0 Å². The molecule has 7 heteroatoms. The fourth-order valence-corrected chi connectivity index (χ4v) is 2.88. The van der Waals surface area contributed by atoms with Crippen LogP contribution in [0.1, 0.15) is 25.1 Å². The van der Waals surface area contributed by atoms with Gasteiger partial charge in [-0.2, -0.15) is 0 Å². The van der Waals surface area contributed by atoms with Gasteiger partial charge in [-0.3, -0.25) is 9.59 Å². The van der Waals surface area contributed by atoms with Gasteiger partial charge in [0.15, 0.2) is 0 Å². The molecule has 4 N–H and O–H groups in total. The van der Waals surface area contributed by atoms with Gasteiger partial charge in [-0.05, 0) is 12.1 Å². The number of nitrogens with zero attached hydrogens (tertiary/aromatic N) is 1. The minimum absolute atomic E-state index is 0.0123. The van der Waals surface area contributed by atoms with Gasteiger partial charge in [0.2, 0.25) is 5.91 Å². The third-order valence-corrected chi connectivity index (χ3v) is 4.21. The summed E-state index contributed by atoms with van der Waals surface area (Å²) >= 11 is 0. The first-order valence-corrected chi connectivity index (χ1v) is 7.65. The zero-order valence-corrected chi connectivity index (χ0v) is 12.6. The second kappa shape index (κ2) is 6.08. The number of carbonyl (C=O) groups excluding carboxylic acids is 1. The Morgan fingerprint density at radius 3 is 2.91 bits per heavy atom.